The van der Waals surface area contributed by atoms with Crippen LogP contribution in [-0.4, -0.2) is 30.0 Å². The number of nitrogens with one attached hydrogen (secondary N) is 1. The minimum absolute atomic E-state index is 0.938. The maximum absolute atomic E-state index is 4.38. The molecule has 1 aromatic rings. The van der Waals surface area contributed by atoms with Crippen LogP contribution in [0.4, 0.5) is 5.82 Å². The molecule has 3 nitrogen and oxygen atoms in total. The summed E-state index contributed by atoms with van der Waals surface area (Å²) in [6, 6.07) is 4.21. The van der Waals surface area contributed by atoms with Gasteiger partial charge in [0.2, 0.25) is 0 Å². The Hall–Kier alpha value is -1.09. The summed E-state index contributed by atoms with van der Waals surface area (Å²) in [5.74, 6) is 1.96. The van der Waals surface area contributed by atoms with Crippen LogP contribution in [0.5, 0.6) is 0 Å². The lowest BCUT2D eigenvalue weighted by molar-refractivity contribution is 0.272. The summed E-state index contributed by atoms with van der Waals surface area (Å²) in [5.41, 5.74) is 1.31. The predicted octanol–water partition coefficient (Wildman–Crippen LogP) is 3.14. The van der Waals surface area contributed by atoms with Crippen molar-refractivity contribution in [2.75, 3.05) is 25.5 Å². The molecule has 1 aromatic heterocycles. The van der Waals surface area contributed by atoms with Crippen LogP contribution < -0.4 is 5.32 Å². The van der Waals surface area contributed by atoms with E-state index in [0.29, 0.717) is 0 Å². The molecule has 1 fully saturated rings. The molecular formula is C15H25N3. The van der Waals surface area contributed by atoms with Crippen molar-refractivity contribution in [1.82, 2.24) is 9.88 Å². The van der Waals surface area contributed by atoms with Crippen molar-refractivity contribution in [2.45, 2.75) is 39.2 Å². The van der Waals surface area contributed by atoms with Crippen LogP contribution in [-0.2, 0) is 6.54 Å². The lowest BCUT2D eigenvalue weighted by atomic mass is 9.98. The van der Waals surface area contributed by atoms with Gasteiger partial charge in [-0.3, -0.25) is 4.90 Å². The largest absolute Gasteiger partial charge is 0.373 e. The first-order valence-corrected chi connectivity index (χ1v) is 7.17. The highest BCUT2D eigenvalue weighted by Crippen LogP contribution is 2.22. The highest BCUT2D eigenvalue weighted by molar-refractivity contribution is 5.42. The Morgan fingerprint density at radius 3 is 3.06 bits per heavy atom. The fraction of sp³-hybridized carbons (Fsp3) is 0.667. The number of rotatable bonds is 4. The maximum atomic E-state index is 4.38. The van der Waals surface area contributed by atoms with Crippen LogP contribution in [0.3, 0.4) is 0 Å². The minimum atomic E-state index is 0.938. The van der Waals surface area contributed by atoms with E-state index >= 15 is 0 Å². The average Bonchev–Trinajstić information content (AvgIpc) is 2.64. The molecule has 0 aromatic carbocycles. The first kappa shape index (κ1) is 13.3. The molecule has 1 unspecified atom stereocenters. The lowest BCUT2D eigenvalue weighted by Gasteiger charge is -2.21. The van der Waals surface area contributed by atoms with Gasteiger partial charge in [0.25, 0.3) is 0 Å². The maximum Gasteiger partial charge on any atom is 0.130 e. The second kappa shape index (κ2) is 6.74. The molecule has 0 saturated carbocycles. The molecule has 0 spiro atoms. The third kappa shape index (κ3) is 3.45. The van der Waals surface area contributed by atoms with Crippen molar-refractivity contribution >= 4 is 5.82 Å². The number of likely N-dealkylation sites (tertiary alicyclic amines) is 1. The summed E-state index contributed by atoms with van der Waals surface area (Å²) >= 11 is 0. The lowest BCUT2D eigenvalue weighted by Crippen LogP contribution is -2.24. The van der Waals surface area contributed by atoms with Crippen molar-refractivity contribution < 1.29 is 0 Å². The molecule has 100 valence electrons. The predicted molar refractivity (Wildman–Crippen MR) is 76.7 cm³/mol. The summed E-state index contributed by atoms with van der Waals surface area (Å²) in [4.78, 5) is 6.96. The second-order valence-electron chi connectivity index (χ2n) is 5.24. The van der Waals surface area contributed by atoms with Crippen LogP contribution in [0.1, 0.15) is 38.2 Å². The standard InChI is InChI=1S/C15H25N3/c1-3-13-6-5-10-18(11-8-13)12-14-7-4-9-17-15(14)16-2/h4,7,9,13H,3,5-6,8,10-12H2,1-2H3,(H,16,17). The van der Waals surface area contributed by atoms with Gasteiger partial charge >= 0.3 is 0 Å². The Morgan fingerprint density at radius 1 is 1.39 bits per heavy atom. The SMILES string of the molecule is CCC1CCCN(Cc2cccnc2NC)CC1. The fourth-order valence-corrected chi connectivity index (χ4v) is 2.82. The van der Waals surface area contributed by atoms with Crippen molar-refractivity contribution in [3.05, 3.63) is 23.9 Å². The zero-order valence-corrected chi connectivity index (χ0v) is 11.7. The number of anilines is 1. The van der Waals surface area contributed by atoms with Crippen molar-refractivity contribution in [2.24, 2.45) is 5.92 Å². The Balaban J connectivity index is 1.96. The summed E-state index contributed by atoms with van der Waals surface area (Å²) in [6.45, 7) is 5.81. The molecule has 0 bridgehead atoms. The highest BCUT2D eigenvalue weighted by Gasteiger charge is 2.16. The first-order chi connectivity index (χ1) is 8.83. The Bertz CT molecular complexity index is 365. The molecular weight excluding hydrogens is 222 g/mol. The molecule has 2 heterocycles. The first-order valence-electron chi connectivity index (χ1n) is 7.17. The van der Waals surface area contributed by atoms with E-state index in [-0.39, 0.29) is 0 Å². The average molecular weight is 247 g/mol. The summed E-state index contributed by atoms with van der Waals surface area (Å²) in [6.07, 6.45) is 7.28. The number of pyridine rings is 1. The van der Waals surface area contributed by atoms with Crippen molar-refractivity contribution in [1.29, 1.82) is 0 Å². The highest BCUT2D eigenvalue weighted by atomic mass is 15.1. The van der Waals surface area contributed by atoms with Gasteiger partial charge in [-0.2, -0.15) is 0 Å². The number of hydrogen-bond donors (Lipinski definition) is 1. The number of hydrogen-bond acceptors (Lipinski definition) is 3. The molecule has 1 saturated heterocycles. The summed E-state index contributed by atoms with van der Waals surface area (Å²) in [5, 5.41) is 3.18. The van der Waals surface area contributed by atoms with E-state index in [0.717, 1.165) is 18.3 Å². The van der Waals surface area contributed by atoms with E-state index in [2.05, 4.69) is 28.2 Å². The normalized spacial score (nSPS) is 21.6. The van der Waals surface area contributed by atoms with Crippen LogP contribution in [0.25, 0.3) is 0 Å². The molecule has 1 atom stereocenters. The van der Waals surface area contributed by atoms with Gasteiger partial charge < -0.3 is 5.32 Å². The van der Waals surface area contributed by atoms with Gasteiger partial charge in [0, 0.05) is 25.4 Å². The quantitative estimate of drug-likeness (QED) is 0.886. The topological polar surface area (TPSA) is 28.2 Å². The van der Waals surface area contributed by atoms with E-state index in [1.165, 1.54) is 44.3 Å². The van der Waals surface area contributed by atoms with Gasteiger partial charge in [-0.25, -0.2) is 4.98 Å². The van der Waals surface area contributed by atoms with E-state index in [1.54, 1.807) is 0 Å². The van der Waals surface area contributed by atoms with Gasteiger partial charge in [-0.15, -0.1) is 0 Å². The van der Waals surface area contributed by atoms with Crippen LogP contribution >= 0.6 is 0 Å². The van der Waals surface area contributed by atoms with Crippen LogP contribution in [0.2, 0.25) is 0 Å². The third-order valence-electron chi connectivity index (χ3n) is 4.04. The molecule has 3 heteroatoms. The molecule has 1 N–H and O–H groups in total. The van der Waals surface area contributed by atoms with Crippen molar-refractivity contribution in [3.8, 4) is 0 Å². The molecule has 0 aliphatic carbocycles. The van der Waals surface area contributed by atoms with E-state index < -0.39 is 0 Å². The second-order valence-corrected chi connectivity index (χ2v) is 5.24. The Morgan fingerprint density at radius 2 is 2.28 bits per heavy atom. The molecule has 18 heavy (non-hydrogen) atoms. The molecule has 1 aliphatic heterocycles. The molecule has 0 amide bonds. The third-order valence-corrected chi connectivity index (χ3v) is 4.04. The van der Waals surface area contributed by atoms with Crippen molar-refractivity contribution in [3.63, 3.8) is 0 Å². The monoisotopic (exact) mass is 247 g/mol. The van der Waals surface area contributed by atoms with E-state index in [9.17, 15) is 0 Å². The number of nitrogens with zero attached hydrogens (tertiary/aromatic N) is 2. The zero-order chi connectivity index (χ0) is 12.8. The summed E-state index contributed by atoms with van der Waals surface area (Å²) in [7, 11) is 1.95. The van der Waals surface area contributed by atoms with E-state index in [1.807, 2.05) is 19.3 Å². The van der Waals surface area contributed by atoms with Gasteiger partial charge in [0.05, 0.1) is 0 Å². The summed E-state index contributed by atoms with van der Waals surface area (Å²) < 4.78 is 0. The van der Waals surface area contributed by atoms with Crippen LogP contribution in [0.15, 0.2) is 18.3 Å². The molecule has 1 aliphatic rings. The number of aromatic nitrogens is 1. The van der Waals surface area contributed by atoms with Gasteiger partial charge in [-0.05, 0) is 44.3 Å². The van der Waals surface area contributed by atoms with E-state index in [4.69, 9.17) is 0 Å². The van der Waals surface area contributed by atoms with Gasteiger partial charge in [0.1, 0.15) is 5.82 Å². The smallest absolute Gasteiger partial charge is 0.130 e. The Labute approximate surface area is 111 Å². The Kier molecular flexibility index (Phi) is 5.00. The molecule has 2 rings (SSSR count). The zero-order valence-electron chi connectivity index (χ0n) is 11.7. The molecule has 0 radical (unpaired) electrons. The minimum Gasteiger partial charge on any atom is -0.373 e. The van der Waals surface area contributed by atoms with Gasteiger partial charge in [-0.1, -0.05) is 19.4 Å². The fourth-order valence-electron chi connectivity index (χ4n) is 2.82. The van der Waals surface area contributed by atoms with Crippen LogP contribution in [0, 0.1) is 5.92 Å². The van der Waals surface area contributed by atoms with Gasteiger partial charge in [0.15, 0.2) is 0 Å².